The van der Waals surface area contributed by atoms with Gasteiger partial charge in [0.2, 0.25) is 0 Å². The molecule has 0 spiro atoms. The van der Waals surface area contributed by atoms with Gasteiger partial charge in [-0.25, -0.2) is 5.01 Å². The lowest BCUT2D eigenvalue weighted by atomic mass is 9.90. The number of halogens is 3. The highest BCUT2D eigenvalue weighted by Gasteiger charge is 2.43. The summed E-state index contributed by atoms with van der Waals surface area (Å²) in [7, 11) is 3.48. The average Bonchev–Trinajstić information content (AvgIpc) is 2.86. The number of primary amides is 1. The Morgan fingerprint density at radius 2 is 1.69 bits per heavy atom. The number of anilines is 1. The van der Waals surface area contributed by atoms with Crippen LogP contribution in [0, 0.1) is 0 Å². The molecule has 2 aliphatic rings. The van der Waals surface area contributed by atoms with Gasteiger partial charge in [0.1, 0.15) is 5.75 Å². The molecule has 204 valence electrons. The highest BCUT2D eigenvalue weighted by atomic mass is 19.4. The van der Waals surface area contributed by atoms with Crippen LogP contribution in [0.2, 0.25) is 0 Å². The van der Waals surface area contributed by atoms with E-state index in [0.29, 0.717) is 38.3 Å². The van der Waals surface area contributed by atoms with Gasteiger partial charge in [-0.1, -0.05) is 0 Å². The zero-order chi connectivity index (χ0) is 26.2. The molecule has 0 aliphatic carbocycles. The number of hydrogen-bond donors (Lipinski definition) is 1. The fourth-order valence-corrected chi connectivity index (χ4v) is 4.50. The van der Waals surface area contributed by atoms with Gasteiger partial charge in [0.15, 0.2) is 5.60 Å². The van der Waals surface area contributed by atoms with Crippen LogP contribution in [0.4, 0.5) is 18.9 Å². The zero-order valence-corrected chi connectivity index (χ0v) is 21.1. The number of nitrogens with zero attached hydrogens (tertiary/aromatic N) is 4. The first-order valence-electron chi connectivity index (χ1n) is 12.4. The van der Waals surface area contributed by atoms with E-state index in [9.17, 15) is 18.0 Å². The number of carbonyl (C=O) groups is 1. The number of rotatable bonds is 12. The minimum Gasteiger partial charge on any atom is -0.494 e. The van der Waals surface area contributed by atoms with E-state index in [1.165, 1.54) is 0 Å². The SMILES string of the molecule is COCCN1CCC(ON(C)N2CCN(c3ccc(OCCCC(F)(F)F)cc3)CC2)(C(N)=O)CC1. The van der Waals surface area contributed by atoms with Crippen LogP contribution in [-0.2, 0) is 14.4 Å². The van der Waals surface area contributed by atoms with Crippen molar-refractivity contribution in [1.29, 1.82) is 0 Å². The van der Waals surface area contributed by atoms with E-state index in [0.717, 1.165) is 38.4 Å². The molecule has 2 fully saturated rings. The molecule has 2 aliphatic heterocycles. The minimum absolute atomic E-state index is 0.0296. The Bertz CT molecular complexity index is 811. The Kier molecular flexibility index (Phi) is 10.2. The molecule has 2 heterocycles. The van der Waals surface area contributed by atoms with E-state index in [2.05, 4.69) is 14.8 Å². The van der Waals surface area contributed by atoms with Gasteiger partial charge in [-0.15, -0.1) is 5.17 Å². The topological polar surface area (TPSA) is 83.7 Å². The van der Waals surface area contributed by atoms with Crippen molar-refractivity contribution in [2.75, 3.05) is 78.1 Å². The molecule has 2 N–H and O–H groups in total. The molecule has 0 unspecified atom stereocenters. The lowest BCUT2D eigenvalue weighted by Crippen LogP contribution is -2.60. The first-order valence-corrected chi connectivity index (χ1v) is 12.4. The van der Waals surface area contributed by atoms with E-state index in [1.807, 2.05) is 19.2 Å². The summed E-state index contributed by atoms with van der Waals surface area (Å²) in [4.78, 5) is 23.0. The second kappa shape index (κ2) is 12.9. The predicted octanol–water partition coefficient (Wildman–Crippen LogP) is 2.27. The number of piperidine rings is 1. The Labute approximate surface area is 210 Å². The van der Waals surface area contributed by atoms with E-state index in [1.54, 1.807) is 24.4 Å². The molecule has 1 aromatic rings. The highest BCUT2D eigenvalue weighted by molar-refractivity contribution is 5.83. The number of benzene rings is 1. The van der Waals surface area contributed by atoms with Crippen LogP contribution >= 0.6 is 0 Å². The first-order chi connectivity index (χ1) is 17.1. The summed E-state index contributed by atoms with van der Waals surface area (Å²) in [6, 6.07) is 7.38. The third-order valence-electron chi connectivity index (χ3n) is 6.76. The monoisotopic (exact) mass is 517 g/mol. The van der Waals surface area contributed by atoms with Gasteiger partial charge in [-0.2, -0.15) is 13.2 Å². The van der Waals surface area contributed by atoms with Crippen molar-refractivity contribution < 1.29 is 32.3 Å². The van der Waals surface area contributed by atoms with Crippen molar-refractivity contribution >= 4 is 11.6 Å². The quantitative estimate of drug-likeness (QED) is 0.334. The van der Waals surface area contributed by atoms with E-state index >= 15 is 0 Å². The molecule has 9 nitrogen and oxygen atoms in total. The maximum Gasteiger partial charge on any atom is 0.389 e. The van der Waals surface area contributed by atoms with Gasteiger partial charge < -0.3 is 25.0 Å². The molecular formula is C24H38F3N5O4. The number of methoxy groups -OCH3 is 1. The molecule has 0 atom stereocenters. The zero-order valence-electron chi connectivity index (χ0n) is 21.1. The van der Waals surface area contributed by atoms with E-state index in [4.69, 9.17) is 20.0 Å². The highest BCUT2D eigenvalue weighted by Crippen LogP contribution is 2.28. The Morgan fingerprint density at radius 1 is 1.06 bits per heavy atom. The maximum absolute atomic E-state index is 12.3. The summed E-state index contributed by atoms with van der Waals surface area (Å²) >= 11 is 0. The van der Waals surface area contributed by atoms with Crippen molar-refractivity contribution in [3.8, 4) is 5.75 Å². The largest absolute Gasteiger partial charge is 0.494 e. The third-order valence-corrected chi connectivity index (χ3v) is 6.76. The Morgan fingerprint density at radius 3 is 2.25 bits per heavy atom. The molecule has 0 saturated carbocycles. The Balaban J connectivity index is 1.44. The second-order valence-electron chi connectivity index (χ2n) is 9.25. The van der Waals surface area contributed by atoms with Crippen LogP contribution in [-0.4, -0.2) is 106 Å². The molecule has 0 aromatic heterocycles. The molecule has 0 bridgehead atoms. The van der Waals surface area contributed by atoms with Gasteiger partial charge in [0.25, 0.3) is 5.91 Å². The van der Waals surface area contributed by atoms with Gasteiger partial charge in [-0.05, 0) is 30.7 Å². The van der Waals surface area contributed by atoms with E-state index < -0.39 is 24.1 Å². The standard InChI is InChI=1S/C24H38F3N5O4/c1-29(36-23(22(28)33)9-11-30(12-10-23)17-19-34-2)32-15-13-31(14-16-32)20-4-6-21(7-5-20)35-18-3-8-24(25,26)27/h4-7H,3,8-19H2,1-2H3,(H2,28,33). The van der Waals surface area contributed by atoms with Gasteiger partial charge in [0.05, 0.1) is 13.2 Å². The van der Waals surface area contributed by atoms with Crippen LogP contribution in [0.25, 0.3) is 0 Å². The number of amides is 1. The van der Waals surface area contributed by atoms with E-state index in [-0.39, 0.29) is 13.0 Å². The summed E-state index contributed by atoms with van der Waals surface area (Å²) in [6.07, 6.45) is -4.01. The number of alkyl halides is 3. The van der Waals surface area contributed by atoms with Gasteiger partial charge in [-0.3, -0.25) is 9.63 Å². The summed E-state index contributed by atoms with van der Waals surface area (Å²) in [5.41, 5.74) is 5.76. The summed E-state index contributed by atoms with van der Waals surface area (Å²) in [6.45, 7) is 5.80. The molecule has 2 saturated heterocycles. The number of hydrazine groups is 1. The van der Waals surface area contributed by atoms with Crippen molar-refractivity contribution in [3.63, 3.8) is 0 Å². The third kappa shape index (κ3) is 8.20. The average molecular weight is 518 g/mol. The van der Waals surface area contributed by atoms with Crippen molar-refractivity contribution in [3.05, 3.63) is 24.3 Å². The molecule has 36 heavy (non-hydrogen) atoms. The van der Waals surface area contributed by atoms with Crippen LogP contribution in [0.5, 0.6) is 5.75 Å². The molecule has 1 amide bonds. The lowest BCUT2D eigenvalue weighted by molar-refractivity contribution is -0.324. The van der Waals surface area contributed by atoms with Crippen LogP contribution in [0.1, 0.15) is 25.7 Å². The number of ether oxygens (including phenoxy) is 2. The number of hydroxylamine groups is 1. The number of carbonyl (C=O) groups excluding carboxylic acids is 1. The van der Waals surface area contributed by atoms with Gasteiger partial charge in [0, 0.05) is 84.9 Å². The smallest absolute Gasteiger partial charge is 0.389 e. The minimum atomic E-state index is -4.16. The summed E-state index contributed by atoms with van der Waals surface area (Å²) in [5.74, 6) is 0.109. The van der Waals surface area contributed by atoms with Gasteiger partial charge >= 0.3 is 6.18 Å². The number of nitrogens with two attached hydrogens (primary N) is 1. The molecule has 1 aromatic carbocycles. The number of hydrogen-bond acceptors (Lipinski definition) is 8. The predicted molar refractivity (Wildman–Crippen MR) is 129 cm³/mol. The number of likely N-dealkylation sites (tertiary alicyclic amines) is 1. The fourth-order valence-electron chi connectivity index (χ4n) is 4.50. The molecule has 12 heteroatoms. The second-order valence-corrected chi connectivity index (χ2v) is 9.25. The van der Waals surface area contributed by atoms with Crippen LogP contribution in [0.15, 0.2) is 24.3 Å². The fraction of sp³-hybridized carbons (Fsp3) is 0.708. The first kappa shape index (κ1) is 28.5. The van der Waals surface area contributed by atoms with Crippen molar-refractivity contribution in [1.82, 2.24) is 15.1 Å². The normalized spacial score (nSPS) is 19.6. The molecule has 0 radical (unpaired) electrons. The van der Waals surface area contributed by atoms with Crippen molar-refractivity contribution in [2.45, 2.75) is 37.5 Å². The van der Waals surface area contributed by atoms with Crippen molar-refractivity contribution in [2.24, 2.45) is 5.73 Å². The summed E-state index contributed by atoms with van der Waals surface area (Å²) in [5, 5.41) is 3.71. The Hall–Kier alpha value is -2.12. The van der Waals surface area contributed by atoms with Crippen LogP contribution in [0.3, 0.4) is 0 Å². The summed E-state index contributed by atoms with van der Waals surface area (Å²) < 4.78 is 47.3. The number of piperazine rings is 1. The molecular weight excluding hydrogens is 479 g/mol. The lowest BCUT2D eigenvalue weighted by Gasteiger charge is -2.45. The van der Waals surface area contributed by atoms with Crippen LogP contribution < -0.4 is 15.4 Å². The molecule has 3 rings (SSSR count). The maximum atomic E-state index is 12.3.